The van der Waals surface area contributed by atoms with Crippen molar-refractivity contribution in [3.63, 3.8) is 0 Å². The Morgan fingerprint density at radius 3 is 2.59 bits per heavy atom. The maximum absolute atomic E-state index is 5.80. The molecule has 0 radical (unpaired) electrons. The van der Waals surface area contributed by atoms with E-state index in [0.29, 0.717) is 20.7 Å². The summed E-state index contributed by atoms with van der Waals surface area (Å²) in [5.74, 6) is 2.10. The second-order valence-electron chi connectivity index (χ2n) is 4.32. The van der Waals surface area contributed by atoms with E-state index in [-0.39, 0.29) is 0 Å². The smallest absolute Gasteiger partial charge is 0.0110 e. The van der Waals surface area contributed by atoms with E-state index in [4.69, 9.17) is 5.73 Å². The quantitative estimate of drug-likeness (QED) is 0.219. The van der Waals surface area contributed by atoms with Gasteiger partial charge in [0.25, 0.3) is 0 Å². The number of rotatable bonds is 12. The zero-order valence-electron chi connectivity index (χ0n) is 11.3. The fraction of sp³-hybridized carbons (Fsp3) is 0.923. The third kappa shape index (κ3) is 13.5. The van der Waals surface area contributed by atoms with Crippen molar-refractivity contribution in [2.75, 3.05) is 17.2 Å². The molecule has 0 rings (SSSR count). The fourth-order valence-corrected chi connectivity index (χ4v) is 6.50. The molecule has 1 nitrogen and oxygen atoms in total. The number of alkyl halides is 1. The first-order chi connectivity index (χ1) is 8.35. The third-order valence-corrected chi connectivity index (χ3v) is 8.20. The largest absolute Gasteiger partial charge is 0.330 e. The number of hydrogen-bond donors (Lipinski definition) is 1. The van der Waals surface area contributed by atoms with Gasteiger partial charge in [-0.25, -0.2) is 0 Å². The number of nitrogens with two attached hydrogens (primary N) is 1. The summed E-state index contributed by atoms with van der Waals surface area (Å²) in [4.78, 5) is 2.30. The van der Waals surface area contributed by atoms with Crippen molar-refractivity contribution in [1.82, 2.24) is 0 Å². The molecular formula is C13H28INS2. The van der Waals surface area contributed by atoms with Gasteiger partial charge in [0.1, 0.15) is 0 Å². The SMILES string of the molecule is CCCC[C@H](CN)CCCCCSSC=IC. The van der Waals surface area contributed by atoms with E-state index in [1.54, 1.807) is 0 Å². The second-order valence-corrected chi connectivity index (χ2v) is 9.39. The molecule has 0 fully saturated rings. The summed E-state index contributed by atoms with van der Waals surface area (Å²) in [5.41, 5.74) is 5.80. The van der Waals surface area contributed by atoms with E-state index in [2.05, 4.69) is 15.2 Å². The predicted molar refractivity (Wildman–Crippen MR) is 96.6 cm³/mol. The zero-order valence-corrected chi connectivity index (χ0v) is 15.1. The summed E-state index contributed by atoms with van der Waals surface area (Å²) in [5, 5.41) is 0. The first kappa shape index (κ1) is 18.3. The normalized spacial score (nSPS) is 13.8. The lowest BCUT2D eigenvalue weighted by Crippen LogP contribution is -2.14. The monoisotopic (exact) mass is 389 g/mol. The first-order valence-electron chi connectivity index (χ1n) is 6.63. The molecule has 17 heavy (non-hydrogen) atoms. The molecule has 0 aliphatic heterocycles. The summed E-state index contributed by atoms with van der Waals surface area (Å²) >= 11 is 0.364. The lowest BCUT2D eigenvalue weighted by Gasteiger charge is -2.13. The van der Waals surface area contributed by atoms with Gasteiger partial charge in [-0.15, -0.1) is 20.7 Å². The molecule has 0 aromatic heterocycles. The molecule has 0 saturated heterocycles. The van der Waals surface area contributed by atoms with Crippen LogP contribution in [0.25, 0.3) is 0 Å². The van der Waals surface area contributed by atoms with Crippen molar-refractivity contribution < 1.29 is 0 Å². The van der Waals surface area contributed by atoms with E-state index < -0.39 is 0 Å². The van der Waals surface area contributed by atoms with Crippen LogP contribution in [0.5, 0.6) is 0 Å². The molecule has 0 spiro atoms. The van der Waals surface area contributed by atoms with Crippen molar-refractivity contribution in [1.29, 1.82) is 0 Å². The maximum Gasteiger partial charge on any atom is 0.0110 e. The topological polar surface area (TPSA) is 26.0 Å². The highest BCUT2D eigenvalue weighted by atomic mass is 127. The fourth-order valence-electron chi connectivity index (χ4n) is 1.75. The van der Waals surface area contributed by atoms with Crippen molar-refractivity contribution >= 4 is 45.7 Å². The Balaban J connectivity index is 3.24. The van der Waals surface area contributed by atoms with Crippen molar-refractivity contribution in [2.24, 2.45) is 11.7 Å². The van der Waals surface area contributed by atoms with Crippen molar-refractivity contribution in [3.8, 4) is 0 Å². The van der Waals surface area contributed by atoms with Gasteiger partial charge in [0.2, 0.25) is 0 Å². The van der Waals surface area contributed by atoms with Crippen LogP contribution in [-0.2, 0) is 0 Å². The minimum Gasteiger partial charge on any atom is -0.330 e. The average Bonchev–Trinajstić information content (AvgIpc) is 2.36. The summed E-state index contributed by atoms with van der Waals surface area (Å²) in [6, 6.07) is 0. The van der Waals surface area contributed by atoms with Crippen LogP contribution in [0.1, 0.15) is 51.9 Å². The molecular weight excluding hydrogens is 361 g/mol. The van der Waals surface area contributed by atoms with Crippen molar-refractivity contribution in [3.05, 3.63) is 0 Å². The molecule has 0 bridgehead atoms. The number of halogens is 1. The second kappa shape index (κ2) is 15.3. The van der Waals surface area contributed by atoms with Gasteiger partial charge in [0.05, 0.1) is 0 Å². The molecule has 0 aromatic carbocycles. The molecule has 2 N–H and O–H groups in total. The lowest BCUT2D eigenvalue weighted by molar-refractivity contribution is 0.424. The van der Waals surface area contributed by atoms with Gasteiger partial charge < -0.3 is 5.73 Å². The molecule has 0 heterocycles. The molecule has 0 saturated carbocycles. The van der Waals surface area contributed by atoms with Gasteiger partial charge >= 0.3 is 0 Å². The molecule has 0 aliphatic rings. The molecule has 1 atom stereocenters. The Hall–Kier alpha value is 1.26. The standard InChI is InChI=1S/C13H28INS2/c1-3-4-8-13(11-15)9-6-5-7-10-16-17-12-14-2/h12-13H,3-11,15H2,1-2H3/t13-/m0/s1. The molecule has 104 valence electrons. The Morgan fingerprint density at radius 1 is 1.18 bits per heavy atom. The van der Waals surface area contributed by atoms with Crippen LogP contribution in [0.2, 0.25) is 0 Å². The Morgan fingerprint density at radius 2 is 1.94 bits per heavy atom. The van der Waals surface area contributed by atoms with E-state index in [1.165, 1.54) is 50.7 Å². The maximum atomic E-state index is 5.80. The van der Waals surface area contributed by atoms with Crippen LogP contribution in [0.15, 0.2) is 0 Å². The summed E-state index contributed by atoms with van der Waals surface area (Å²) in [7, 11) is 3.97. The van der Waals surface area contributed by atoms with E-state index in [0.717, 1.165) is 12.5 Å². The number of unbranched alkanes of at least 4 members (excludes halogenated alkanes) is 3. The van der Waals surface area contributed by atoms with E-state index >= 15 is 0 Å². The molecule has 0 aromatic rings. The Labute approximate surface area is 126 Å². The minimum absolute atomic E-state index is 0.364. The summed E-state index contributed by atoms with van der Waals surface area (Å²) < 4.78 is 2.39. The van der Waals surface area contributed by atoms with Gasteiger partial charge in [-0.3, -0.25) is 0 Å². The Bertz CT molecular complexity index is 177. The highest BCUT2D eigenvalue weighted by molar-refractivity contribution is 14.2. The van der Waals surface area contributed by atoms with Crippen LogP contribution >= 0.6 is 42.3 Å². The van der Waals surface area contributed by atoms with Crippen LogP contribution in [-0.4, -0.2) is 20.6 Å². The van der Waals surface area contributed by atoms with Gasteiger partial charge in [-0.1, -0.05) is 54.2 Å². The van der Waals surface area contributed by atoms with Crippen LogP contribution in [0.3, 0.4) is 0 Å². The Kier molecular flexibility index (Phi) is 16.5. The van der Waals surface area contributed by atoms with Gasteiger partial charge in [-0.05, 0) is 36.7 Å². The summed E-state index contributed by atoms with van der Waals surface area (Å²) in [6.45, 7) is 3.15. The molecule has 0 aliphatic carbocycles. The van der Waals surface area contributed by atoms with Crippen LogP contribution in [0.4, 0.5) is 0 Å². The van der Waals surface area contributed by atoms with Crippen molar-refractivity contribution in [2.45, 2.75) is 51.9 Å². The molecule has 0 amide bonds. The number of hydrogen-bond acceptors (Lipinski definition) is 3. The average molecular weight is 389 g/mol. The van der Waals surface area contributed by atoms with Gasteiger partial charge in [-0.2, -0.15) is 0 Å². The first-order valence-corrected chi connectivity index (χ1v) is 12.4. The molecule has 4 heteroatoms. The molecule has 0 unspecified atom stereocenters. The van der Waals surface area contributed by atoms with E-state index in [1.807, 2.05) is 21.6 Å². The highest BCUT2D eigenvalue weighted by Crippen LogP contribution is 2.22. The van der Waals surface area contributed by atoms with Crippen LogP contribution in [0, 0.1) is 5.92 Å². The minimum atomic E-state index is 0.364. The summed E-state index contributed by atoms with van der Waals surface area (Å²) in [6.07, 6.45) is 9.48. The van der Waals surface area contributed by atoms with E-state index in [9.17, 15) is 0 Å². The highest BCUT2D eigenvalue weighted by Gasteiger charge is 2.05. The predicted octanol–water partition coefficient (Wildman–Crippen LogP) is 5.05. The van der Waals surface area contributed by atoms with Gasteiger partial charge in [0, 0.05) is 9.10 Å². The lowest BCUT2D eigenvalue weighted by atomic mass is 9.96. The van der Waals surface area contributed by atoms with Crippen LogP contribution < -0.4 is 5.73 Å². The third-order valence-electron chi connectivity index (χ3n) is 2.83. The zero-order chi connectivity index (χ0) is 12.8. The van der Waals surface area contributed by atoms with Gasteiger partial charge in [0.15, 0.2) is 0 Å².